The monoisotopic (exact) mass is 296 g/mol. The Morgan fingerprint density at radius 2 is 2.11 bits per heavy atom. The number of anilines is 1. The number of rotatable bonds is 8. The molecular formula is C13H20N4S2. The fraction of sp³-hybridized carbons (Fsp3) is 0.538. The summed E-state index contributed by atoms with van der Waals surface area (Å²) in [5.74, 6) is 0. The van der Waals surface area contributed by atoms with Crippen molar-refractivity contribution in [2.24, 2.45) is 0 Å². The molecule has 2 rings (SSSR count). The number of nitrogens with one attached hydrogen (secondary N) is 1. The highest BCUT2D eigenvalue weighted by Gasteiger charge is 2.07. The molecule has 0 aliphatic rings. The molecule has 2 aromatic rings. The van der Waals surface area contributed by atoms with Crippen LogP contribution in [0.5, 0.6) is 0 Å². The van der Waals surface area contributed by atoms with Gasteiger partial charge in [0.05, 0.1) is 5.01 Å². The van der Waals surface area contributed by atoms with Crippen molar-refractivity contribution in [3.63, 3.8) is 0 Å². The van der Waals surface area contributed by atoms with E-state index in [0.29, 0.717) is 0 Å². The van der Waals surface area contributed by atoms with E-state index in [1.54, 1.807) is 22.7 Å². The molecule has 0 fully saturated rings. The predicted molar refractivity (Wildman–Crippen MR) is 83.2 cm³/mol. The van der Waals surface area contributed by atoms with Gasteiger partial charge in [-0.1, -0.05) is 0 Å². The first-order valence-corrected chi connectivity index (χ1v) is 8.31. The molecule has 0 atom stereocenters. The summed E-state index contributed by atoms with van der Waals surface area (Å²) in [4.78, 5) is 12.3. The molecule has 0 aromatic carbocycles. The van der Waals surface area contributed by atoms with Crippen LogP contribution in [0.4, 0.5) is 5.13 Å². The van der Waals surface area contributed by atoms with Crippen LogP contribution in [0.15, 0.2) is 17.8 Å². The van der Waals surface area contributed by atoms with Gasteiger partial charge in [0.1, 0.15) is 0 Å². The summed E-state index contributed by atoms with van der Waals surface area (Å²) >= 11 is 3.49. The lowest BCUT2D eigenvalue weighted by atomic mass is 10.4. The first-order valence-electron chi connectivity index (χ1n) is 6.62. The van der Waals surface area contributed by atoms with E-state index < -0.39 is 0 Å². The molecule has 2 aromatic heterocycles. The average molecular weight is 296 g/mol. The quantitative estimate of drug-likeness (QED) is 0.761. The molecule has 19 heavy (non-hydrogen) atoms. The second kappa shape index (κ2) is 7.57. The van der Waals surface area contributed by atoms with Gasteiger partial charge >= 0.3 is 0 Å². The maximum Gasteiger partial charge on any atom is 0.185 e. The molecule has 104 valence electrons. The lowest BCUT2D eigenvalue weighted by Crippen LogP contribution is -2.21. The van der Waals surface area contributed by atoms with E-state index in [9.17, 15) is 0 Å². The SMILES string of the molecule is CCN(CC)c1ncc(CNCCc2nccs2)s1. The topological polar surface area (TPSA) is 41.1 Å². The predicted octanol–water partition coefficient (Wildman–Crippen LogP) is 2.78. The zero-order valence-electron chi connectivity index (χ0n) is 11.4. The third-order valence-electron chi connectivity index (χ3n) is 2.87. The van der Waals surface area contributed by atoms with Crippen LogP contribution in [0.2, 0.25) is 0 Å². The van der Waals surface area contributed by atoms with E-state index in [1.807, 2.05) is 17.8 Å². The number of hydrogen-bond acceptors (Lipinski definition) is 6. The van der Waals surface area contributed by atoms with Crippen LogP contribution >= 0.6 is 22.7 Å². The number of aromatic nitrogens is 2. The molecule has 0 radical (unpaired) electrons. The second-order valence-electron chi connectivity index (χ2n) is 4.13. The first kappa shape index (κ1) is 14.4. The average Bonchev–Trinajstić information content (AvgIpc) is 3.08. The molecule has 1 N–H and O–H groups in total. The Balaban J connectivity index is 1.74. The molecule has 0 spiro atoms. The molecule has 0 aliphatic carbocycles. The largest absolute Gasteiger partial charge is 0.349 e. The Bertz CT molecular complexity index is 463. The standard InChI is InChI=1S/C13H20N4S2/c1-3-17(4-2)13-16-10-11(19-13)9-14-6-5-12-15-7-8-18-12/h7-8,10,14H,3-6,9H2,1-2H3. The highest BCUT2D eigenvalue weighted by atomic mass is 32.1. The molecule has 0 saturated heterocycles. The molecule has 6 heteroatoms. The van der Waals surface area contributed by atoms with Gasteiger partial charge in [0, 0.05) is 55.3 Å². The molecule has 0 unspecified atom stereocenters. The zero-order valence-corrected chi connectivity index (χ0v) is 13.1. The third-order valence-corrected chi connectivity index (χ3v) is 4.77. The van der Waals surface area contributed by atoms with E-state index in [4.69, 9.17) is 0 Å². The Kier molecular flexibility index (Phi) is 5.75. The van der Waals surface area contributed by atoms with E-state index in [2.05, 4.69) is 34.0 Å². The van der Waals surface area contributed by atoms with Crippen LogP contribution < -0.4 is 10.2 Å². The van der Waals surface area contributed by atoms with E-state index >= 15 is 0 Å². The summed E-state index contributed by atoms with van der Waals surface area (Å²) in [5, 5.41) is 7.79. The second-order valence-corrected chi connectivity index (χ2v) is 6.21. The lowest BCUT2D eigenvalue weighted by Gasteiger charge is -2.16. The lowest BCUT2D eigenvalue weighted by molar-refractivity contribution is 0.691. The molecule has 0 bridgehead atoms. The van der Waals surface area contributed by atoms with Gasteiger partial charge in [0.15, 0.2) is 5.13 Å². The van der Waals surface area contributed by atoms with Crippen molar-refractivity contribution < 1.29 is 0 Å². The molecular weight excluding hydrogens is 276 g/mol. The van der Waals surface area contributed by atoms with Gasteiger partial charge in [0.25, 0.3) is 0 Å². The van der Waals surface area contributed by atoms with E-state index in [-0.39, 0.29) is 0 Å². The number of thiazole rings is 2. The summed E-state index contributed by atoms with van der Waals surface area (Å²) in [7, 11) is 0. The Morgan fingerprint density at radius 1 is 1.26 bits per heavy atom. The zero-order chi connectivity index (χ0) is 13.5. The van der Waals surface area contributed by atoms with Gasteiger partial charge in [0.2, 0.25) is 0 Å². The smallest absolute Gasteiger partial charge is 0.185 e. The summed E-state index contributed by atoms with van der Waals surface area (Å²) < 4.78 is 0. The van der Waals surface area contributed by atoms with E-state index in [0.717, 1.165) is 37.7 Å². The van der Waals surface area contributed by atoms with Crippen molar-refractivity contribution in [2.45, 2.75) is 26.8 Å². The number of hydrogen-bond donors (Lipinski definition) is 1. The van der Waals surface area contributed by atoms with E-state index in [1.165, 1.54) is 9.88 Å². The van der Waals surface area contributed by atoms with Gasteiger partial charge in [-0.25, -0.2) is 9.97 Å². The third kappa shape index (κ3) is 4.26. The highest BCUT2D eigenvalue weighted by Crippen LogP contribution is 2.21. The van der Waals surface area contributed by atoms with Crippen molar-refractivity contribution >= 4 is 27.8 Å². The van der Waals surface area contributed by atoms with Crippen molar-refractivity contribution in [1.82, 2.24) is 15.3 Å². The number of nitrogens with zero attached hydrogens (tertiary/aromatic N) is 3. The fourth-order valence-electron chi connectivity index (χ4n) is 1.80. The minimum absolute atomic E-state index is 0.893. The molecule has 4 nitrogen and oxygen atoms in total. The summed E-state index contributed by atoms with van der Waals surface area (Å²) in [5.41, 5.74) is 0. The van der Waals surface area contributed by atoms with Crippen LogP contribution in [0.25, 0.3) is 0 Å². The van der Waals surface area contributed by atoms with Gasteiger partial charge < -0.3 is 10.2 Å². The molecule has 0 saturated carbocycles. The minimum atomic E-state index is 0.893. The van der Waals surface area contributed by atoms with Crippen molar-refractivity contribution in [2.75, 3.05) is 24.5 Å². The summed E-state index contributed by atoms with van der Waals surface area (Å²) in [6.45, 7) is 8.21. The summed E-state index contributed by atoms with van der Waals surface area (Å²) in [6.07, 6.45) is 4.84. The summed E-state index contributed by atoms with van der Waals surface area (Å²) in [6, 6.07) is 0. The van der Waals surface area contributed by atoms with Crippen molar-refractivity contribution in [3.8, 4) is 0 Å². The fourth-order valence-corrected chi connectivity index (χ4v) is 3.43. The maximum atomic E-state index is 4.48. The Hall–Kier alpha value is -0.980. The maximum absolute atomic E-state index is 4.48. The highest BCUT2D eigenvalue weighted by molar-refractivity contribution is 7.15. The Morgan fingerprint density at radius 3 is 2.79 bits per heavy atom. The van der Waals surface area contributed by atoms with Crippen molar-refractivity contribution in [3.05, 3.63) is 27.7 Å². The first-order chi connectivity index (χ1) is 9.33. The van der Waals surface area contributed by atoms with Gasteiger partial charge in [-0.2, -0.15) is 0 Å². The van der Waals surface area contributed by atoms with Crippen LogP contribution in [0.3, 0.4) is 0 Å². The van der Waals surface area contributed by atoms with Crippen LogP contribution in [0, 0.1) is 0 Å². The molecule has 0 amide bonds. The Labute approximate surface area is 122 Å². The normalized spacial score (nSPS) is 10.8. The molecule has 0 aliphatic heterocycles. The minimum Gasteiger partial charge on any atom is -0.349 e. The van der Waals surface area contributed by atoms with Crippen LogP contribution in [-0.2, 0) is 13.0 Å². The van der Waals surface area contributed by atoms with Crippen LogP contribution in [-0.4, -0.2) is 29.6 Å². The van der Waals surface area contributed by atoms with Gasteiger partial charge in [-0.15, -0.1) is 22.7 Å². The molecule has 2 heterocycles. The van der Waals surface area contributed by atoms with Gasteiger partial charge in [-0.3, -0.25) is 0 Å². The van der Waals surface area contributed by atoms with Gasteiger partial charge in [-0.05, 0) is 13.8 Å². The van der Waals surface area contributed by atoms with Crippen LogP contribution in [0.1, 0.15) is 23.7 Å². The van der Waals surface area contributed by atoms with Crippen molar-refractivity contribution in [1.29, 1.82) is 0 Å².